The summed E-state index contributed by atoms with van der Waals surface area (Å²) in [6.45, 7) is 11.0. The summed E-state index contributed by atoms with van der Waals surface area (Å²) in [5, 5.41) is 0.0550. The number of Topliss-reactive ketones (excluding diaryl/α,β-unsaturated/α-hetero) is 1. The molecule has 0 fully saturated rings. The van der Waals surface area contributed by atoms with Crippen LogP contribution < -0.4 is 4.74 Å². The van der Waals surface area contributed by atoms with Crippen LogP contribution >= 0.6 is 11.6 Å². The van der Waals surface area contributed by atoms with Crippen molar-refractivity contribution in [3.8, 4) is 5.75 Å². The SMILES string of the molecule is CC(=O)c1c(Cl)ccc2c1OCCN([C@H](C(=O)OC(C)(C)C)C(C)c1c(F)ccc(C)c1C)S2(=O)=O. The zero-order valence-electron chi connectivity index (χ0n) is 21.4. The number of fused-ring (bicyclic) bond motifs is 1. The summed E-state index contributed by atoms with van der Waals surface area (Å²) in [7, 11) is -4.41. The molecule has 0 aliphatic carbocycles. The van der Waals surface area contributed by atoms with Gasteiger partial charge in [0.1, 0.15) is 29.0 Å². The Bertz CT molecular complexity index is 1320. The second-order valence-electron chi connectivity index (χ2n) is 9.94. The first-order chi connectivity index (χ1) is 16.6. The van der Waals surface area contributed by atoms with Crippen molar-refractivity contribution in [2.24, 2.45) is 0 Å². The lowest BCUT2D eigenvalue weighted by molar-refractivity contribution is -0.160. The summed E-state index contributed by atoms with van der Waals surface area (Å²) in [6.07, 6.45) is 0. The van der Waals surface area contributed by atoms with Crippen molar-refractivity contribution in [3.05, 3.63) is 57.4 Å². The van der Waals surface area contributed by atoms with Crippen LogP contribution in [0.25, 0.3) is 0 Å². The third-order valence-corrected chi connectivity index (χ3v) is 8.41. The van der Waals surface area contributed by atoms with Gasteiger partial charge in [-0.25, -0.2) is 12.8 Å². The highest BCUT2D eigenvalue weighted by Gasteiger charge is 2.45. The molecule has 0 saturated heterocycles. The highest BCUT2D eigenvalue weighted by atomic mass is 35.5. The number of hydrogen-bond acceptors (Lipinski definition) is 6. The Morgan fingerprint density at radius 2 is 1.81 bits per heavy atom. The maximum Gasteiger partial charge on any atom is 0.325 e. The van der Waals surface area contributed by atoms with Crippen LogP contribution in [0.1, 0.15) is 67.6 Å². The van der Waals surface area contributed by atoms with Gasteiger partial charge in [0.05, 0.1) is 10.6 Å². The van der Waals surface area contributed by atoms with E-state index >= 15 is 4.39 Å². The quantitative estimate of drug-likeness (QED) is 0.383. The van der Waals surface area contributed by atoms with Gasteiger partial charge in [0.2, 0.25) is 10.0 Å². The number of sulfonamides is 1. The number of ether oxygens (including phenoxy) is 2. The number of aryl methyl sites for hydroxylation is 1. The van der Waals surface area contributed by atoms with E-state index in [2.05, 4.69) is 0 Å². The molecule has 36 heavy (non-hydrogen) atoms. The Morgan fingerprint density at radius 1 is 1.17 bits per heavy atom. The van der Waals surface area contributed by atoms with Crippen LogP contribution in [0.5, 0.6) is 5.75 Å². The van der Waals surface area contributed by atoms with Crippen LogP contribution in [0.4, 0.5) is 4.39 Å². The summed E-state index contributed by atoms with van der Waals surface area (Å²) >= 11 is 6.18. The number of halogens is 2. The van der Waals surface area contributed by atoms with Crippen molar-refractivity contribution in [2.45, 2.75) is 70.9 Å². The maximum atomic E-state index is 15.1. The van der Waals surface area contributed by atoms with Crippen LogP contribution in [-0.2, 0) is 19.6 Å². The zero-order chi connectivity index (χ0) is 27.2. The first-order valence-electron chi connectivity index (χ1n) is 11.5. The minimum absolute atomic E-state index is 0.0537. The Morgan fingerprint density at radius 3 is 2.39 bits per heavy atom. The minimum Gasteiger partial charge on any atom is -0.490 e. The second kappa shape index (κ2) is 10.1. The lowest BCUT2D eigenvalue weighted by Gasteiger charge is -2.35. The zero-order valence-corrected chi connectivity index (χ0v) is 23.0. The molecule has 196 valence electrons. The minimum atomic E-state index is -4.41. The van der Waals surface area contributed by atoms with E-state index in [1.807, 2.05) is 6.92 Å². The Hall–Kier alpha value is -2.49. The maximum absolute atomic E-state index is 15.1. The van der Waals surface area contributed by atoms with Gasteiger partial charge in [-0.2, -0.15) is 4.31 Å². The standard InChI is InChI=1S/C26H31ClFNO6S/c1-14-8-10-19(28)21(15(14)2)16(3)23(25(31)35-26(5,6)7)29-12-13-34-24-20(36(29,32)33)11-9-18(27)22(24)17(4)30/h8-11,16,23H,12-13H2,1-7H3/t16?,23-/m0/s1. The van der Waals surface area contributed by atoms with E-state index in [0.717, 1.165) is 9.87 Å². The first-order valence-corrected chi connectivity index (χ1v) is 13.4. The van der Waals surface area contributed by atoms with Gasteiger partial charge in [-0.1, -0.05) is 24.6 Å². The molecule has 2 atom stereocenters. The Kier molecular flexibility index (Phi) is 7.89. The van der Waals surface area contributed by atoms with Gasteiger partial charge in [0, 0.05) is 12.5 Å². The lowest BCUT2D eigenvalue weighted by atomic mass is 9.87. The number of carbonyl (C=O) groups is 2. The highest BCUT2D eigenvalue weighted by Crippen LogP contribution is 2.40. The molecule has 1 heterocycles. The van der Waals surface area contributed by atoms with Crippen molar-refractivity contribution in [1.82, 2.24) is 4.31 Å². The molecule has 1 unspecified atom stereocenters. The van der Waals surface area contributed by atoms with Gasteiger partial charge < -0.3 is 9.47 Å². The number of carbonyl (C=O) groups excluding carboxylic acids is 2. The molecule has 0 amide bonds. The van der Waals surface area contributed by atoms with Gasteiger partial charge in [-0.15, -0.1) is 0 Å². The second-order valence-corrected chi connectivity index (χ2v) is 12.2. The van der Waals surface area contributed by atoms with Crippen LogP contribution in [0.2, 0.25) is 5.02 Å². The molecule has 0 saturated carbocycles. The fraction of sp³-hybridized carbons (Fsp3) is 0.462. The Balaban J connectivity index is 2.25. The van der Waals surface area contributed by atoms with Crippen LogP contribution in [-0.4, -0.2) is 49.3 Å². The van der Waals surface area contributed by atoms with E-state index in [9.17, 15) is 18.0 Å². The van der Waals surface area contributed by atoms with E-state index in [1.165, 1.54) is 25.1 Å². The van der Waals surface area contributed by atoms with E-state index in [1.54, 1.807) is 40.7 Å². The monoisotopic (exact) mass is 539 g/mol. The number of esters is 1. The van der Waals surface area contributed by atoms with E-state index in [-0.39, 0.29) is 39.9 Å². The number of hydrogen-bond donors (Lipinski definition) is 0. The van der Waals surface area contributed by atoms with E-state index < -0.39 is 45.2 Å². The molecule has 1 aliphatic rings. The molecule has 0 spiro atoms. The highest BCUT2D eigenvalue weighted by molar-refractivity contribution is 7.89. The molecule has 0 radical (unpaired) electrons. The van der Waals surface area contributed by atoms with Gasteiger partial charge in [0.25, 0.3) is 0 Å². The molecule has 2 aromatic carbocycles. The molecular formula is C26H31ClFNO6S. The van der Waals surface area contributed by atoms with Crippen LogP contribution in [0, 0.1) is 19.7 Å². The normalized spacial score (nSPS) is 17.4. The van der Waals surface area contributed by atoms with Crippen molar-refractivity contribution in [1.29, 1.82) is 0 Å². The van der Waals surface area contributed by atoms with Crippen molar-refractivity contribution >= 4 is 33.4 Å². The van der Waals surface area contributed by atoms with Crippen LogP contribution in [0.3, 0.4) is 0 Å². The molecule has 0 aromatic heterocycles. The summed E-state index contributed by atoms with van der Waals surface area (Å²) in [5.74, 6) is -2.89. The van der Waals surface area contributed by atoms with Gasteiger partial charge in [0.15, 0.2) is 11.5 Å². The van der Waals surface area contributed by atoms with Gasteiger partial charge in [-0.05, 0) is 76.4 Å². The molecule has 3 rings (SSSR count). The summed E-state index contributed by atoms with van der Waals surface area (Å²) < 4.78 is 55.4. The summed E-state index contributed by atoms with van der Waals surface area (Å²) in [4.78, 5) is 25.5. The third-order valence-electron chi connectivity index (χ3n) is 6.19. The largest absolute Gasteiger partial charge is 0.490 e. The summed E-state index contributed by atoms with van der Waals surface area (Å²) in [5.41, 5.74) is 0.670. The fourth-order valence-corrected chi connectivity index (χ4v) is 6.49. The average Bonchev–Trinajstić information content (AvgIpc) is 2.86. The first kappa shape index (κ1) is 28.1. The third kappa shape index (κ3) is 5.28. The molecule has 1 aliphatic heterocycles. The topological polar surface area (TPSA) is 90.0 Å². The fourth-order valence-electron chi connectivity index (χ4n) is 4.44. The van der Waals surface area contributed by atoms with Crippen LogP contribution in [0.15, 0.2) is 29.2 Å². The predicted octanol–water partition coefficient (Wildman–Crippen LogP) is 5.20. The lowest BCUT2D eigenvalue weighted by Crippen LogP contribution is -2.50. The number of rotatable bonds is 5. The average molecular weight is 540 g/mol. The molecule has 2 aromatic rings. The molecule has 0 N–H and O–H groups in total. The summed E-state index contributed by atoms with van der Waals surface area (Å²) in [6, 6.07) is 4.07. The van der Waals surface area contributed by atoms with Gasteiger partial charge >= 0.3 is 5.97 Å². The van der Waals surface area contributed by atoms with E-state index in [4.69, 9.17) is 21.1 Å². The van der Waals surface area contributed by atoms with Gasteiger partial charge in [-0.3, -0.25) is 9.59 Å². The molecular weight excluding hydrogens is 509 g/mol. The van der Waals surface area contributed by atoms with Crippen molar-refractivity contribution in [3.63, 3.8) is 0 Å². The predicted molar refractivity (Wildman–Crippen MR) is 135 cm³/mol. The molecule has 7 nitrogen and oxygen atoms in total. The molecule has 10 heteroatoms. The molecule has 0 bridgehead atoms. The van der Waals surface area contributed by atoms with E-state index in [0.29, 0.717) is 5.56 Å². The van der Waals surface area contributed by atoms with Crippen molar-refractivity contribution < 1.29 is 31.9 Å². The van der Waals surface area contributed by atoms with Crippen molar-refractivity contribution in [2.75, 3.05) is 13.2 Å². The Labute approximate surface area is 216 Å². The number of benzene rings is 2. The number of ketones is 1. The number of nitrogens with zero attached hydrogens (tertiary/aromatic N) is 1. The smallest absolute Gasteiger partial charge is 0.325 e.